The van der Waals surface area contributed by atoms with Gasteiger partial charge in [0.2, 0.25) is 5.91 Å². The molecule has 1 N–H and O–H groups in total. The maximum absolute atomic E-state index is 13.8. The molecule has 0 spiro atoms. The average Bonchev–Trinajstić information content (AvgIpc) is 2.71. The van der Waals surface area contributed by atoms with Crippen LogP contribution in [0.1, 0.15) is 0 Å². The molecule has 0 saturated heterocycles. The van der Waals surface area contributed by atoms with Gasteiger partial charge in [-0.15, -0.1) is 0 Å². The number of hydrogen-bond acceptors (Lipinski definition) is 6. The first-order valence-electron chi connectivity index (χ1n) is 9.37. The van der Waals surface area contributed by atoms with E-state index >= 15 is 0 Å². The van der Waals surface area contributed by atoms with Gasteiger partial charge in [-0.3, -0.25) is 9.10 Å². The summed E-state index contributed by atoms with van der Waals surface area (Å²) in [6.45, 7) is 1.14. The lowest BCUT2D eigenvalue weighted by atomic mass is 10.3. The van der Waals surface area contributed by atoms with Gasteiger partial charge in [0.1, 0.15) is 25.6 Å². The summed E-state index contributed by atoms with van der Waals surface area (Å²) in [4.78, 5) is 14.2. The topological polar surface area (TPSA) is 88.2 Å². The summed E-state index contributed by atoms with van der Waals surface area (Å²) in [5.41, 5.74) is 0.0487. The Labute approximate surface area is 175 Å². The first-order valence-corrected chi connectivity index (χ1v) is 10.8. The van der Waals surface area contributed by atoms with E-state index in [1.807, 2.05) is 19.0 Å². The number of hydrogen-bond donors (Lipinski definition) is 1. The van der Waals surface area contributed by atoms with E-state index in [4.69, 9.17) is 9.47 Å². The molecule has 0 atom stereocenters. The fourth-order valence-electron chi connectivity index (χ4n) is 2.86. The van der Waals surface area contributed by atoms with Crippen LogP contribution in [0.4, 0.5) is 10.1 Å². The van der Waals surface area contributed by atoms with Gasteiger partial charge < -0.3 is 19.7 Å². The maximum atomic E-state index is 13.8. The van der Waals surface area contributed by atoms with E-state index in [0.717, 1.165) is 10.4 Å². The van der Waals surface area contributed by atoms with Crippen LogP contribution in [-0.4, -0.2) is 66.2 Å². The molecule has 2 aromatic rings. The fourth-order valence-corrected chi connectivity index (χ4v) is 4.29. The largest absolute Gasteiger partial charge is 0.486 e. The molecule has 0 aliphatic carbocycles. The molecule has 0 aromatic heterocycles. The molecule has 8 nitrogen and oxygen atoms in total. The number of likely N-dealkylation sites (N-methyl/N-ethyl adjacent to an activating group) is 1. The Kier molecular flexibility index (Phi) is 6.78. The van der Waals surface area contributed by atoms with E-state index in [0.29, 0.717) is 37.8 Å². The summed E-state index contributed by atoms with van der Waals surface area (Å²) >= 11 is 0. The quantitative estimate of drug-likeness (QED) is 0.673. The minimum atomic E-state index is -4.18. The Balaban J connectivity index is 1.91. The lowest BCUT2D eigenvalue weighted by Gasteiger charge is -2.25. The van der Waals surface area contributed by atoms with Crippen molar-refractivity contribution in [1.82, 2.24) is 10.2 Å². The van der Waals surface area contributed by atoms with E-state index in [1.54, 1.807) is 0 Å². The average molecular weight is 437 g/mol. The van der Waals surface area contributed by atoms with Crippen molar-refractivity contribution in [3.8, 4) is 11.5 Å². The van der Waals surface area contributed by atoms with Gasteiger partial charge in [-0.25, -0.2) is 12.8 Å². The second kappa shape index (κ2) is 9.31. The smallest absolute Gasteiger partial charge is 0.264 e. The molecule has 2 aromatic carbocycles. The van der Waals surface area contributed by atoms with Crippen molar-refractivity contribution < 1.29 is 27.1 Å². The molecule has 1 amide bonds. The maximum Gasteiger partial charge on any atom is 0.264 e. The van der Waals surface area contributed by atoms with Crippen LogP contribution in [-0.2, 0) is 14.8 Å². The molecular formula is C20H24FN3O5S. The molecule has 1 aliphatic rings. The van der Waals surface area contributed by atoms with Gasteiger partial charge in [-0.05, 0) is 44.4 Å². The van der Waals surface area contributed by atoms with E-state index in [2.05, 4.69) is 5.32 Å². The number of anilines is 1. The van der Waals surface area contributed by atoms with E-state index < -0.39 is 28.3 Å². The monoisotopic (exact) mass is 437 g/mol. The number of nitrogens with one attached hydrogen (secondary N) is 1. The molecule has 1 heterocycles. The van der Waals surface area contributed by atoms with Crippen LogP contribution in [0.15, 0.2) is 47.4 Å². The van der Waals surface area contributed by atoms with Gasteiger partial charge in [0.25, 0.3) is 10.0 Å². The Morgan fingerprint density at radius 2 is 1.83 bits per heavy atom. The van der Waals surface area contributed by atoms with Crippen molar-refractivity contribution in [2.75, 3.05) is 51.2 Å². The lowest BCUT2D eigenvalue weighted by molar-refractivity contribution is -0.119. The third-order valence-electron chi connectivity index (χ3n) is 4.37. The van der Waals surface area contributed by atoms with Crippen LogP contribution in [0, 0.1) is 5.82 Å². The van der Waals surface area contributed by atoms with Gasteiger partial charge >= 0.3 is 0 Å². The molecule has 0 bridgehead atoms. The number of sulfonamides is 1. The van der Waals surface area contributed by atoms with Crippen molar-refractivity contribution in [3.05, 3.63) is 48.3 Å². The second-order valence-electron chi connectivity index (χ2n) is 6.95. The van der Waals surface area contributed by atoms with Crippen LogP contribution in [0.2, 0.25) is 0 Å². The standard InChI is InChI=1S/C20H24FN3O5S/c1-23(2)9-8-22-20(25)14-24(16-5-3-4-15(21)12-16)30(26,27)17-6-7-18-19(13-17)29-11-10-28-18/h3-7,12-13H,8-11,14H2,1-2H3,(H,22,25). The highest BCUT2D eigenvalue weighted by Crippen LogP contribution is 2.34. The van der Waals surface area contributed by atoms with Crippen LogP contribution in [0.25, 0.3) is 0 Å². The molecule has 30 heavy (non-hydrogen) atoms. The van der Waals surface area contributed by atoms with Gasteiger partial charge in [0, 0.05) is 19.2 Å². The minimum Gasteiger partial charge on any atom is -0.486 e. The normalized spacial score (nSPS) is 13.2. The first kappa shape index (κ1) is 21.8. The number of fused-ring (bicyclic) bond motifs is 1. The number of rotatable bonds is 8. The predicted molar refractivity (Wildman–Crippen MR) is 110 cm³/mol. The molecule has 10 heteroatoms. The highest BCUT2D eigenvalue weighted by Gasteiger charge is 2.29. The summed E-state index contributed by atoms with van der Waals surface area (Å²) in [5, 5.41) is 2.68. The molecule has 0 unspecified atom stereocenters. The number of halogens is 1. The molecule has 1 aliphatic heterocycles. The van der Waals surface area contributed by atoms with Crippen molar-refractivity contribution in [2.45, 2.75) is 4.90 Å². The van der Waals surface area contributed by atoms with Gasteiger partial charge in [0.15, 0.2) is 11.5 Å². The zero-order valence-corrected chi connectivity index (χ0v) is 17.6. The molecule has 3 rings (SSSR count). The van der Waals surface area contributed by atoms with Gasteiger partial charge in [-0.2, -0.15) is 0 Å². The summed E-state index contributed by atoms with van der Waals surface area (Å²) in [6, 6.07) is 9.33. The van der Waals surface area contributed by atoms with Crippen molar-refractivity contribution in [2.24, 2.45) is 0 Å². The summed E-state index contributed by atoms with van der Waals surface area (Å²) in [7, 11) is -0.464. The fraction of sp³-hybridized carbons (Fsp3) is 0.350. The van der Waals surface area contributed by atoms with Gasteiger partial charge in [-0.1, -0.05) is 6.07 Å². The van der Waals surface area contributed by atoms with Crippen molar-refractivity contribution in [3.63, 3.8) is 0 Å². The number of nitrogens with zero attached hydrogens (tertiary/aromatic N) is 2. The van der Waals surface area contributed by atoms with Crippen molar-refractivity contribution in [1.29, 1.82) is 0 Å². The number of amides is 1. The number of ether oxygens (including phenoxy) is 2. The van der Waals surface area contributed by atoms with E-state index in [1.165, 1.54) is 36.4 Å². The number of benzene rings is 2. The van der Waals surface area contributed by atoms with Crippen LogP contribution < -0.4 is 19.1 Å². The van der Waals surface area contributed by atoms with Crippen molar-refractivity contribution >= 4 is 21.6 Å². The molecule has 0 saturated carbocycles. The molecule has 0 fully saturated rings. The van der Waals surface area contributed by atoms with Gasteiger partial charge in [0.05, 0.1) is 10.6 Å². The van der Waals surface area contributed by atoms with Crippen LogP contribution >= 0.6 is 0 Å². The summed E-state index contributed by atoms with van der Waals surface area (Å²) in [6.07, 6.45) is 0. The first-order chi connectivity index (χ1) is 14.3. The summed E-state index contributed by atoms with van der Waals surface area (Å²) in [5.74, 6) is -0.360. The van der Waals surface area contributed by atoms with Crippen LogP contribution in [0.3, 0.4) is 0 Å². The molecular weight excluding hydrogens is 413 g/mol. The zero-order valence-electron chi connectivity index (χ0n) is 16.8. The second-order valence-corrected chi connectivity index (χ2v) is 8.81. The Bertz CT molecular complexity index is 1010. The highest BCUT2D eigenvalue weighted by molar-refractivity contribution is 7.92. The molecule has 0 radical (unpaired) electrons. The van der Waals surface area contributed by atoms with Crippen LogP contribution in [0.5, 0.6) is 11.5 Å². The Morgan fingerprint density at radius 1 is 1.10 bits per heavy atom. The third-order valence-corrected chi connectivity index (χ3v) is 6.14. The SMILES string of the molecule is CN(C)CCNC(=O)CN(c1cccc(F)c1)S(=O)(=O)c1ccc2c(c1)OCCO2. The lowest BCUT2D eigenvalue weighted by Crippen LogP contribution is -2.42. The van der Waals surface area contributed by atoms with E-state index in [9.17, 15) is 17.6 Å². The molecule has 162 valence electrons. The minimum absolute atomic E-state index is 0.0487. The Morgan fingerprint density at radius 3 is 2.53 bits per heavy atom. The Hall–Kier alpha value is -2.85. The zero-order chi connectivity index (χ0) is 21.7. The van der Waals surface area contributed by atoms with E-state index in [-0.39, 0.29) is 10.6 Å². The number of carbonyl (C=O) groups excluding carboxylic acids is 1. The third kappa shape index (κ3) is 5.19. The number of carbonyl (C=O) groups is 1. The highest BCUT2D eigenvalue weighted by atomic mass is 32.2. The summed E-state index contributed by atoms with van der Waals surface area (Å²) < 4.78 is 52.3. The predicted octanol–water partition coefficient (Wildman–Crippen LogP) is 1.47.